The first-order chi connectivity index (χ1) is 8.20. The average molecular weight is 235 g/mol. The van der Waals surface area contributed by atoms with E-state index in [4.69, 9.17) is 0 Å². The van der Waals surface area contributed by atoms with Crippen molar-refractivity contribution in [1.82, 2.24) is 5.32 Å². The van der Waals surface area contributed by atoms with E-state index in [1.165, 1.54) is 36.8 Å². The highest BCUT2D eigenvalue weighted by molar-refractivity contribution is 5.27. The van der Waals surface area contributed by atoms with Gasteiger partial charge in [0.2, 0.25) is 0 Å². The first kappa shape index (κ1) is 12.6. The predicted octanol–water partition coefficient (Wildman–Crippen LogP) is 3.45. The van der Waals surface area contributed by atoms with Crippen molar-refractivity contribution in [2.24, 2.45) is 5.92 Å². The molecule has 1 fully saturated rings. The number of hydrogen-bond acceptors (Lipinski definition) is 1. The lowest BCUT2D eigenvalue weighted by atomic mass is 9.80. The van der Waals surface area contributed by atoms with E-state index in [0.717, 1.165) is 6.42 Å². The maximum atomic E-state index is 13.3. The molecule has 1 aliphatic carbocycles. The van der Waals surface area contributed by atoms with E-state index >= 15 is 0 Å². The van der Waals surface area contributed by atoms with Gasteiger partial charge in [-0.25, -0.2) is 4.39 Å². The van der Waals surface area contributed by atoms with E-state index in [0.29, 0.717) is 12.0 Å². The van der Waals surface area contributed by atoms with Gasteiger partial charge in [-0.15, -0.1) is 0 Å². The summed E-state index contributed by atoms with van der Waals surface area (Å²) in [7, 11) is 2.04. The fourth-order valence-electron chi connectivity index (χ4n) is 2.97. The first-order valence-electron chi connectivity index (χ1n) is 6.63. The number of aryl methyl sites for hydroxylation is 1. The maximum Gasteiger partial charge on any atom is 0.123 e. The van der Waals surface area contributed by atoms with Crippen molar-refractivity contribution in [3.05, 3.63) is 35.1 Å². The van der Waals surface area contributed by atoms with Crippen molar-refractivity contribution in [2.45, 2.75) is 45.1 Å². The van der Waals surface area contributed by atoms with E-state index in [1.807, 2.05) is 13.1 Å². The molecule has 1 saturated carbocycles. The van der Waals surface area contributed by atoms with Crippen LogP contribution in [0, 0.1) is 18.7 Å². The van der Waals surface area contributed by atoms with Gasteiger partial charge in [-0.3, -0.25) is 0 Å². The molecule has 17 heavy (non-hydrogen) atoms. The van der Waals surface area contributed by atoms with Crippen LogP contribution in [-0.2, 0) is 6.42 Å². The lowest BCUT2D eigenvalue weighted by Gasteiger charge is -2.31. The normalized spacial score (nSPS) is 24.9. The molecular formula is C15H22FN. The van der Waals surface area contributed by atoms with Crippen molar-refractivity contribution in [3.63, 3.8) is 0 Å². The molecule has 0 bridgehead atoms. The van der Waals surface area contributed by atoms with Gasteiger partial charge in [-0.1, -0.05) is 18.9 Å². The fraction of sp³-hybridized carbons (Fsp3) is 0.600. The van der Waals surface area contributed by atoms with Crippen LogP contribution in [0.4, 0.5) is 4.39 Å². The highest BCUT2D eigenvalue weighted by Crippen LogP contribution is 2.28. The van der Waals surface area contributed by atoms with Gasteiger partial charge >= 0.3 is 0 Å². The number of nitrogens with one attached hydrogen (secondary N) is 1. The summed E-state index contributed by atoms with van der Waals surface area (Å²) in [5, 5.41) is 3.41. The summed E-state index contributed by atoms with van der Waals surface area (Å²) < 4.78 is 13.3. The van der Waals surface area contributed by atoms with E-state index < -0.39 is 0 Å². The average Bonchev–Trinajstić information content (AvgIpc) is 2.34. The van der Waals surface area contributed by atoms with Crippen LogP contribution in [0.2, 0.25) is 0 Å². The first-order valence-corrected chi connectivity index (χ1v) is 6.63. The molecule has 2 heteroatoms. The van der Waals surface area contributed by atoms with Crippen molar-refractivity contribution in [1.29, 1.82) is 0 Å². The van der Waals surface area contributed by atoms with Crippen LogP contribution in [0.5, 0.6) is 0 Å². The molecule has 2 atom stereocenters. The Morgan fingerprint density at radius 3 is 2.82 bits per heavy atom. The molecule has 1 aromatic rings. The molecule has 0 amide bonds. The van der Waals surface area contributed by atoms with Gasteiger partial charge in [-0.05, 0) is 62.4 Å². The second-order valence-electron chi connectivity index (χ2n) is 5.21. The number of rotatable bonds is 3. The van der Waals surface area contributed by atoms with Gasteiger partial charge < -0.3 is 5.32 Å². The molecule has 1 aromatic carbocycles. The Bertz CT molecular complexity index is 375. The molecule has 0 heterocycles. The summed E-state index contributed by atoms with van der Waals surface area (Å²) >= 11 is 0. The summed E-state index contributed by atoms with van der Waals surface area (Å²) in [6.07, 6.45) is 6.17. The topological polar surface area (TPSA) is 12.0 Å². The van der Waals surface area contributed by atoms with E-state index in [2.05, 4.69) is 12.2 Å². The van der Waals surface area contributed by atoms with Gasteiger partial charge in [-0.2, -0.15) is 0 Å². The number of hydrogen-bond donors (Lipinski definition) is 1. The lowest BCUT2D eigenvalue weighted by molar-refractivity contribution is 0.272. The van der Waals surface area contributed by atoms with Crippen LogP contribution in [0.1, 0.15) is 36.8 Å². The predicted molar refractivity (Wildman–Crippen MR) is 69.6 cm³/mol. The minimum atomic E-state index is -0.109. The zero-order chi connectivity index (χ0) is 12.3. The number of halogens is 1. The third-order valence-corrected chi connectivity index (χ3v) is 4.07. The fourth-order valence-corrected chi connectivity index (χ4v) is 2.97. The quantitative estimate of drug-likeness (QED) is 0.846. The Kier molecular flexibility index (Phi) is 4.16. The minimum Gasteiger partial charge on any atom is -0.317 e. The molecule has 2 rings (SSSR count). The summed E-state index contributed by atoms with van der Waals surface area (Å²) in [5.74, 6) is 0.552. The van der Waals surface area contributed by atoms with Crippen LogP contribution in [0.15, 0.2) is 18.2 Å². The van der Waals surface area contributed by atoms with Crippen molar-refractivity contribution < 1.29 is 4.39 Å². The molecule has 0 spiro atoms. The molecule has 1 aliphatic rings. The second-order valence-corrected chi connectivity index (χ2v) is 5.21. The Labute approximate surface area is 103 Å². The zero-order valence-electron chi connectivity index (χ0n) is 10.8. The smallest absolute Gasteiger partial charge is 0.123 e. The zero-order valence-corrected chi connectivity index (χ0v) is 10.8. The summed E-state index contributed by atoms with van der Waals surface area (Å²) in [6, 6.07) is 5.75. The van der Waals surface area contributed by atoms with Crippen LogP contribution in [0.25, 0.3) is 0 Å². The summed E-state index contributed by atoms with van der Waals surface area (Å²) in [4.78, 5) is 0. The SMILES string of the molecule is CNC1CCCCC1Cc1cc(F)ccc1C. The molecule has 1 N–H and O–H groups in total. The highest BCUT2D eigenvalue weighted by atomic mass is 19.1. The molecule has 2 unspecified atom stereocenters. The molecule has 1 nitrogen and oxygen atoms in total. The Balaban J connectivity index is 2.10. The van der Waals surface area contributed by atoms with Crippen molar-refractivity contribution in [2.75, 3.05) is 7.05 Å². The molecular weight excluding hydrogens is 213 g/mol. The molecule has 94 valence electrons. The number of benzene rings is 1. The minimum absolute atomic E-state index is 0.109. The van der Waals surface area contributed by atoms with E-state index in [1.54, 1.807) is 12.1 Å². The largest absolute Gasteiger partial charge is 0.317 e. The summed E-state index contributed by atoms with van der Waals surface area (Å²) in [5.41, 5.74) is 2.39. The monoisotopic (exact) mass is 235 g/mol. The van der Waals surface area contributed by atoms with Crippen molar-refractivity contribution in [3.8, 4) is 0 Å². The lowest BCUT2D eigenvalue weighted by Crippen LogP contribution is -2.37. The highest BCUT2D eigenvalue weighted by Gasteiger charge is 2.24. The van der Waals surface area contributed by atoms with E-state index in [9.17, 15) is 4.39 Å². The standard InChI is InChI=1S/C15H22FN/c1-11-7-8-14(16)10-13(11)9-12-5-3-4-6-15(12)17-2/h7-8,10,12,15,17H,3-6,9H2,1-2H3. The van der Waals surface area contributed by atoms with Gasteiger partial charge in [0.25, 0.3) is 0 Å². The van der Waals surface area contributed by atoms with Gasteiger partial charge in [0.1, 0.15) is 5.82 Å². The maximum absolute atomic E-state index is 13.3. The van der Waals surface area contributed by atoms with Crippen LogP contribution >= 0.6 is 0 Å². The van der Waals surface area contributed by atoms with Crippen molar-refractivity contribution >= 4 is 0 Å². The third-order valence-electron chi connectivity index (χ3n) is 4.07. The van der Waals surface area contributed by atoms with Crippen LogP contribution < -0.4 is 5.32 Å². The Morgan fingerprint density at radius 1 is 1.29 bits per heavy atom. The van der Waals surface area contributed by atoms with E-state index in [-0.39, 0.29) is 5.82 Å². The Hall–Kier alpha value is -0.890. The summed E-state index contributed by atoms with van der Waals surface area (Å²) in [6.45, 7) is 2.08. The van der Waals surface area contributed by atoms with Gasteiger partial charge in [0, 0.05) is 6.04 Å². The third kappa shape index (κ3) is 3.06. The molecule has 0 aliphatic heterocycles. The molecule has 0 radical (unpaired) electrons. The van der Waals surface area contributed by atoms with Crippen LogP contribution in [-0.4, -0.2) is 13.1 Å². The molecule has 0 saturated heterocycles. The van der Waals surface area contributed by atoms with Gasteiger partial charge in [0.05, 0.1) is 0 Å². The second kappa shape index (κ2) is 5.63. The molecule has 0 aromatic heterocycles. The Morgan fingerprint density at radius 2 is 2.06 bits per heavy atom. The van der Waals surface area contributed by atoms with Crippen LogP contribution in [0.3, 0.4) is 0 Å². The van der Waals surface area contributed by atoms with Gasteiger partial charge in [0.15, 0.2) is 0 Å².